The summed E-state index contributed by atoms with van der Waals surface area (Å²) in [6, 6.07) is 0. The van der Waals surface area contributed by atoms with Crippen LogP contribution in [0.25, 0.3) is 0 Å². The number of aliphatic hydroxyl groups is 1. The van der Waals surface area contributed by atoms with Crippen molar-refractivity contribution in [2.24, 2.45) is 33.5 Å². The molecular formula is C23H34O2. The molecule has 4 aliphatic carbocycles. The predicted octanol–water partition coefficient (Wildman–Crippen LogP) is 5.07. The maximum atomic E-state index is 11.9. The van der Waals surface area contributed by atoms with Gasteiger partial charge in [0.05, 0.1) is 6.10 Å². The van der Waals surface area contributed by atoms with Crippen LogP contribution in [0, 0.1) is 33.5 Å². The van der Waals surface area contributed by atoms with Crippen molar-refractivity contribution in [2.75, 3.05) is 0 Å². The predicted molar refractivity (Wildman–Crippen MR) is 101 cm³/mol. The van der Waals surface area contributed by atoms with Crippen LogP contribution in [-0.2, 0) is 4.79 Å². The van der Waals surface area contributed by atoms with E-state index in [1.807, 2.05) is 6.08 Å². The van der Waals surface area contributed by atoms with Gasteiger partial charge in [0.25, 0.3) is 0 Å². The van der Waals surface area contributed by atoms with Crippen molar-refractivity contribution in [3.05, 3.63) is 23.8 Å². The molecule has 0 aromatic carbocycles. The number of carbonyl (C=O) groups excluding carboxylic acids is 1. The number of hydrogen-bond donors (Lipinski definition) is 1. The highest BCUT2D eigenvalue weighted by molar-refractivity contribution is 6.01. The summed E-state index contributed by atoms with van der Waals surface area (Å²) in [4.78, 5) is 11.9. The fourth-order valence-electron chi connectivity index (χ4n) is 7.73. The fourth-order valence-corrected chi connectivity index (χ4v) is 7.73. The first kappa shape index (κ1) is 17.5. The Bertz CT molecular complexity index is 672. The molecule has 0 heterocycles. The molecule has 1 N–H and O–H groups in total. The molecule has 0 saturated heterocycles. The van der Waals surface area contributed by atoms with Crippen molar-refractivity contribution < 1.29 is 9.90 Å². The van der Waals surface area contributed by atoms with Crippen molar-refractivity contribution in [1.82, 2.24) is 0 Å². The average molecular weight is 343 g/mol. The number of rotatable bonds is 0. The first-order valence-corrected chi connectivity index (χ1v) is 10.2. The van der Waals surface area contributed by atoms with Crippen LogP contribution in [0.3, 0.4) is 0 Å². The Kier molecular flexibility index (Phi) is 3.57. The van der Waals surface area contributed by atoms with E-state index in [2.05, 4.69) is 40.7 Å². The van der Waals surface area contributed by atoms with E-state index < -0.39 is 0 Å². The SMILES string of the molecule is CC1(C)[C@@H](O)CC[C@]2(C)[C@H]3CCC4=CC(=O)C=C[C@@]4(C)[C@]3(C)CC[C@@H]12. The number of allylic oxidation sites excluding steroid dienone is 4. The number of ketones is 1. The van der Waals surface area contributed by atoms with E-state index in [0.717, 1.165) is 19.3 Å². The van der Waals surface area contributed by atoms with Crippen LogP contribution < -0.4 is 0 Å². The standard InChI is InChI=1S/C23H34O2/c1-20(2)17-9-13-23(5)18(21(17,3)11-10-19(20)25)7-6-15-14-16(24)8-12-22(15,23)4/h8,12,14,17-19,25H,6-7,9-11,13H2,1-5H3/t17-,18+,19-,21-,22+,23+/m0/s1. The lowest BCUT2D eigenvalue weighted by Crippen LogP contribution is -2.63. The van der Waals surface area contributed by atoms with Crippen LogP contribution in [0.4, 0.5) is 0 Å². The number of carbonyl (C=O) groups is 1. The first-order chi connectivity index (χ1) is 11.6. The number of fused-ring (bicyclic) bond motifs is 5. The monoisotopic (exact) mass is 342 g/mol. The van der Waals surface area contributed by atoms with Gasteiger partial charge in [0, 0.05) is 5.41 Å². The Morgan fingerprint density at radius 1 is 1.00 bits per heavy atom. The van der Waals surface area contributed by atoms with Crippen LogP contribution in [0.15, 0.2) is 23.8 Å². The minimum atomic E-state index is -0.170. The smallest absolute Gasteiger partial charge is 0.178 e. The van der Waals surface area contributed by atoms with E-state index >= 15 is 0 Å². The van der Waals surface area contributed by atoms with Gasteiger partial charge in [-0.1, -0.05) is 46.3 Å². The molecule has 138 valence electrons. The summed E-state index contributed by atoms with van der Waals surface area (Å²) in [5, 5.41) is 10.7. The Morgan fingerprint density at radius 2 is 1.72 bits per heavy atom. The van der Waals surface area contributed by atoms with Gasteiger partial charge in [0.15, 0.2) is 5.78 Å². The van der Waals surface area contributed by atoms with Gasteiger partial charge in [-0.05, 0) is 78.8 Å². The lowest BCUT2D eigenvalue weighted by Gasteiger charge is -2.69. The van der Waals surface area contributed by atoms with E-state index in [4.69, 9.17) is 0 Å². The maximum Gasteiger partial charge on any atom is 0.178 e. The summed E-state index contributed by atoms with van der Waals surface area (Å²) in [6.07, 6.45) is 12.5. The molecule has 0 aromatic heterocycles. The summed E-state index contributed by atoms with van der Waals surface area (Å²) in [5.41, 5.74) is 1.87. The molecule has 4 aliphatic rings. The quantitative estimate of drug-likeness (QED) is 0.667. The molecule has 4 rings (SSSR count). The highest BCUT2D eigenvalue weighted by Crippen LogP contribution is 2.72. The zero-order valence-corrected chi connectivity index (χ0v) is 16.6. The Balaban J connectivity index is 1.79. The topological polar surface area (TPSA) is 37.3 Å². The van der Waals surface area contributed by atoms with Gasteiger partial charge < -0.3 is 5.11 Å². The van der Waals surface area contributed by atoms with Gasteiger partial charge in [0.2, 0.25) is 0 Å². The van der Waals surface area contributed by atoms with Crippen molar-refractivity contribution in [1.29, 1.82) is 0 Å². The Labute approximate surface area is 152 Å². The lowest BCUT2D eigenvalue weighted by atomic mass is 9.36. The molecule has 0 aromatic rings. The second-order valence-corrected chi connectivity index (χ2v) is 10.6. The molecule has 6 atom stereocenters. The van der Waals surface area contributed by atoms with Gasteiger partial charge >= 0.3 is 0 Å². The van der Waals surface area contributed by atoms with E-state index in [1.54, 1.807) is 6.08 Å². The summed E-state index contributed by atoms with van der Waals surface area (Å²) >= 11 is 0. The Hall–Kier alpha value is -0.890. The van der Waals surface area contributed by atoms with E-state index in [9.17, 15) is 9.90 Å². The Morgan fingerprint density at radius 3 is 2.44 bits per heavy atom. The van der Waals surface area contributed by atoms with Gasteiger partial charge in [-0.2, -0.15) is 0 Å². The second kappa shape index (κ2) is 5.09. The largest absolute Gasteiger partial charge is 0.393 e. The minimum absolute atomic E-state index is 0.00369. The number of hydrogen-bond acceptors (Lipinski definition) is 2. The van der Waals surface area contributed by atoms with E-state index in [1.165, 1.54) is 24.8 Å². The maximum absolute atomic E-state index is 11.9. The second-order valence-electron chi connectivity index (χ2n) is 10.6. The third kappa shape index (κ3) is 2.04. The van der Waals surface area contributed by atoms with Gasteiger partial charge in [-0.15, -0.1) is 0 Å². The molecule has 2 nitrogen and oxygen atoms in total. The van der Waals surface area contributed by atoms with Crippen molar-refractivity contribution in [3.8, 4) is 0 Å². The highest BCUT2D eigenvalue weighted by atomic mass is 16.3. The summed E-state index contributed by atoms with van der Waals surface area (Å²) in [6.45, 7) is 12.0. The molecule has 0 aliphatic heterocycles. The van der Waals surface area contributed by atoms with Gasteiger partial charge in [-0.25, -0.2) is 0 Å². The molecule has 2 heteroatoms. The van der Waals surface area contributed by atoms with Gasteiger partial charge in [-0.3, -0.25) is 4.79 Å². The minimum Gasteiger partial charge on any atom is -0.393 e. The van der Waals surface area contributed by atoms with Crippen LogP contribution in [0.2, 0.25) is 0 Å². The van der Waals surface area contributed by atoms with Crippen LogP contribution in [-0.4, -0.2) is 17.0 Å². The third-order valence-electron chi connectivity index (χ3n) is 9.48. The fraction of sp³-hybridized carbons (Fsp3) is 0.783. The zero-order chi connectivity index (χ0) is 18.3. The van der Waals surface area contributed by atoms with Gasteiger partial charge in [0.1, 0.15) is 0 Å². The lowest BCUT2D eigenvalue weighted by molar-refractivity contribution is -0.194. The average Bonchev–Trinajstić information content (AvgIpc) is 2.53. The third-order valence-corrected chi connectivity index (χ3v) is 9.48. The van der Waals surface area contributed by atoms with Crippen molar-refractivity contribution in [2.45, 2.75) is 79.2 Å². The van der Waals surface area contributed by atoms with Crippen LogP contribution in [0.5, 0.6) is 0 Å². The number of aliphatic hydroxyl groups excluding tert-OH is 1. The summed E-state index contributed by atoms with van der Waals surface area (Å²) in [7, 11) is 0. The van der Waals surface area contributed by atoms with Crippen LogP contribution >= 0.6 is 0 Å². The molecular weight excluding hydrogens is 308 g/mol. The molecule has 25 heavy (non-hydrogen) atoms. The molecule has 3 saturated carbocycles. The molecule has 0 spiro atoms. The highest BCUT2D eigenvalue weighted by Gasteiger charge is 2.65. The molecule has 0 unspecified atom stereocenters. The molecule has 0 bridgehead atoms. The van der Waals surface area contributed by atoms with E-state index in [0.29, 0.717) is 17.3 Å². The summed E-state index contributed by atoms with van der Waals surface area (Å²) in [5.74, 6) is 1.41. The van der Waals surface area contributed by atoms with E-state index in [-0.39, 0.29) is 28.1 Å². The molecule has 0 radical (unpaired) electrons. The molecule has 0 amide bonds. The normalized spacial score (nSPS) is 51.2. The summed E-state index contributed by atoms with van der Waals surface area (Å²) < 4.78 is 0. The van der Waals surface area contributed by atoms with Crippen molar-refractivity contribution in [3.63, 3.8) is 0 Å². The van der Waals surface area contributed by atoms with Crippen molar-refractivity contribution >= 4 is 5.78 Å². The first-order valence-electron chi connectivity index (χ1n) is 10.2. The zero-order valence-electron chi connectivity index (χ0n) is 16.6. The van der Waals surface area contributed by atoms with Crippen LogP contribution in [0.1, 0.15) is 73.1 Å². The molecule has 3 fully saturated rings.